The van der Waals surface area contributed by atoms with E-state index < -0.39 is 22.7 Å². The monoisotopic (exact) mass is 702 g/mol. The molecule has 2 aliphatic rings. The van der Waals surface area contributed by atoms with Crippen molar-refractivity contribution < 1.29 is 28.8 Å². The minimum Gasteiger partial charge on any atom is -0.481 e. The lowest BCUT2D eigenvalue weighted by Gasteiger charge is -2.47. The van der Waals surface area contributed by atoms with Gasteiger partial charge in [-0.25, -0.2) is 0 Å². The Hall–Kier alpha value is -3.53. The Morgan fingerprint density at radius 2 is 1.62 bits per heavy atom. The minimum absolute atomic E-state index is 0.0654. The smallest absolute Gasteiger partial charge is 0.300 e. The summed E-state index contributed by atoms with van der Waals surface area (Å²) < 4.78 is 11.7. The van der Waals surface area contributed by atoms with Crippen LogP contribution in [0, 0.1) is 11.3 Å². The summed E-state index contributed by atoms with van der Waals surface area (Å²) >= 11 is 12.6. The van der Waals surface area contributed by atoms with Gasteiger partial charge in [-0.1, -0.05) is 53.5 Å². The number of rotatable bonds is 8. The molecule has 1 atom stereocenters. The minimum atomic E-state index is -0.833. The molecule has 3 aromatic carbocycles. The van der Waals surface area contributed by atoms with Crippen LogP contribution in [0.3, 0.4) is 0 Å². The molecule has 2 fully saturated rings. The maximum atomic E-state index is 13.7. The van der Waals surface area contributed by atoms with Gasteiger partial charge in [0.15, 0.2) is 0 Å². The summed E-state index contributed by atoms with van der Waals surface area (Å²) in [5.41, 5.74) is 2.06. The molecule has 47 heavy (non-hydrogen) atoms. The summed E-state index contributed by atoms with van der Waals surface area (Å²) in [6, 6.07) is 19.6. The number of likely N-dealkylation sites (tertiary alicyclic amines) is 1. The van der Waals surface area contributed by atoms with Crippen LogP contribution in [-0.4, -0.2) is 111 Å². The fourth-order valence-electron chi connectivity index (χ4n) is 5.61. The molecule has 0 spiro atoms. The van der Waals surface area contributed by atoms with E-state index >= 15 is 0 Å². The second kappa shape index (κ2) is 18.1. The highest BCUT2D eigenvalue weighted by Crippen LogP contribution is 2.31. The van der Waals surface area contributed by atoms with Gasteiger partial charge in [0.25, 0.3) is 17.8 Å². The third kappa shape index (κ3) is 11.6. The van der Waals surface area contributed by atoms with Crippen LogP contribution in [0.4, 0.5) is 0 Å². The molecule has 3 aromatic rings. The van der Waals surface area contributed by atoms with Crippen LogP contribution < -0.4 is 0 Å². The third-order valence-corrected chi connectivity index (χ3v) is 9.95. The summed E-state index contributed by atoms with van der Waals surface area (Å²) in [5.74, 6) is -0.151. The van der Waals surface area contributed by atoms with Crippen LogP contribution >= 0.6 is 23.2 Å². The number of amides is 1. The van der Waals surface area contributed by atoms with Crippen LogP contribution in [0.15, 0.2) is 54.6 Å². The van der Waals surface area contributed by atoms with E-state index in [9.17, 15) is 14.3 Å². The molecule has 10 nitrogen and oxygen atoms in total. The highest BCUT2D eigenvalue weighted by atomic mass is 35.5. The first kappa shape index (κ1) is 37.9. The number of carboxylic acid groups (broad SMARTS) is 2. The topological polar surface area (TPSA) is 142 Å². The first-order valence-corrected chi connectivity index (χ1v) is 17.4. The number of carbonyl (C=O) groups is 3. The number of aliphatic carboxylic acids is 2. The molecule has 0 unspecified atom stereocenters. The van der Waals surface area contributed by atoms with Gasteiger partial charge in [0.05, 0.1) is 21.7 Å². The Labute approximate surface area is 287 Å². The first-order valence-electron chi connectivity index (χ1n) is 15.1. The molecule has 13 heteroatoms. The van der Waals surface area contributed by atoms with Crippen molar-refractivity contribution >= 4 is 62.6 Å². The predicted molar refractivity (Wildman–Crippen MR) is 186 cm³/mol. The molecular formula is C34H40Cl2N4O6S. The average Bonchev–Trinajstić information content (AvgIpc) is 3.00. The molecule has 2 N–H and O–H groups in total. The SMILES string of the molecule is CC(=O)O.CC(=O)O.CN(C[C@@H](CCN1CC(N2CCS(=O)CC2)C1)c1ccc(Cl)c(Cl)c1)C(=O)c1cc(C#N)cc2ccccc12. The summed E-state index contributed by atoms with van der Waals surface area (Å²) in [6.07, 6.45) is 0.866. The van der Waals surface area contributed by atoms with Crippen LogP contribution in [0.1, 0.15) is 47.7 Å². The zero-order valence-electron chi connectivity index (χ0n) is 26.7. The standard InChI is InChI=1S/C30H32Cl2N4O2S.2C2H4O2/c1-34(30(37)27-15-21(17-33)14-23-4-2-3-5-26(23)27)18-24(22-6-7-28(31)29(32)16-22)8-9-35-19-25(20-35)36-10-12-39(38)13-11-36;2*1-2(3)4/h2-7,14-16,24-25H,8-13,18-20H2,1H3;2*1H3,(H,3,4)/t24-;;/m1../s1. The molecule has 5 rings (SSSR count). The van der Waals surface area contributed by atoms with Gasteiger partial charge in [-0.2, -0.15) is 5.26 Å². The number of hydrogen-bond donors (Lipinski definition) is 2. The molecule has 0 saturated carbocycles. The Balaban J connectivity index is 0.000000676. The van der Waals surface area contributed by atoms with Crippen LogP contribution in [0.5, 0.6) is 0 Å². The van der Waals surface area contributed by atoms with Crippen molar-refractivity contribution in [2.75, 3.05) is 57.8 Å². The maximum absolute atomic E-state index is 13.7. The predicted octanol–water partition coefficient (Wildman–Crippen LogP) is 5.19. The lowest BCUT2D eigenvalue weighted by Crippen LogP contribution is -2.61. The maximum Gasteiger partial charge on any atom is 0.300 e. The van der Waals surface area contributed by atoms with E-state index in [1.54, 1.807) is 11.0 Å². The van der Waals surface area contributed by atoms with Crippen molar-refractivity contribution in [1.29, 1.82) is 5.26 Å². The second-order valence-electron chi connectivity index (χ2n) is 11.5. The Kier molecular flexibility index (Phi) is 14.6. The van der Waals surface area contributed by atoms with Gasteiger partial charge in [-0.3, -0.25) is 23.5 Å². The van der Waals surface area contributed by atoms with Gasteiger partial charge in [0.1, 0.15) is 0 Å². The van der Waals surface area contributed by atoms with E-state index in [-0.39, 0.29) is 11.8 Å². The third-order valence-electron chi connectivity index (χ3n) is 7.94. The van der Waals surface area contributed by atoms with E-state index in [4.69, 9.17) is 43.0 Å². The second-order valence-corrected chi connectivity index (χ2v) is 14.0. The summed E-state index contributed by atoms with van der Waals surface area (Å²) in [4.78, 5) is 38.4. The van der Waals surface area contributed by atoms with Gasteiger partial charge < -0.3 is 20.0 Å². The number of fused-ring (bicyclic) bond motifs is 1. The first-order chi connectivity index (χ1) is 22.3. The number of hydrogen-bond acceptors (Lipinski definition) is 7. The van der Waals surface area contributed by atoms with Crippen LogP contribution in [-0.2, 0) is 20.4 Å². The molecule has 2 saturated heterocycles. The Bertz CT molecular complexity index is 1610. The lowest BCUT2D eigenvalue weighted by atomic mass is 9.93. The molecule has 252 valence electrons. The van der Waals surface area contributed by atoms with Crippen LogP contribution in [0.2, 0.25) is 10.0 Å². The molecular weight excluding hydrogens is 663 g/mol. The normalized spacial score (nSPS) is 16.0. The van der Waals surface area contributed by atoms with Crippen molar-refractivity contribution in [2.45, 2.75) is 32.2 Å². The fourth-order valence-corrected chi connectivity index (χ4v) is 7.00. The zero-order chi connectivity index (χ0) is 34.7. The van der Waals surface area contributed by atoms with Crippen molar-refractivity contribution in [3.05, 3.63) is 81.3 Å². The highest BCUT2D eigenvalue weighted by molar-refractivity contribution is 7.85. The number of likely N-dealkylation sites (N-methyl/N-ethyl adjacent to an activating group) is 1. The number of nitriles is 1. The van der Waals surface area contributed by atoms with Gasteiger partial charge in [-0.15, -0.1) is 0 Å². The largest absolute Gasteiger partial charge is 0.481 e. The van der Waals surface area contributed by atoms with Gasteiger partial charge >= 0.3 is 0 Å². The van der Waals surface area contributed by atoms with E-state index in [0.717, 1.165) is 80.8 Å². The number of halogens is 2. The number of benzene rings is 3. The molecule has 2 heterocycles. The fraction of sp³-hybridized carbons (Fsp3) is 0.412. The van der Waals surface area contributed by atoms with Crippen molar-refractivity contribution in [3.63, 3.8) is 0 Å². The number of carboxylic acids is 2. The average molecular weight is 704 g/mol. The zero-order valence-corrected chi connectivity index (χ0v) is 29.0. The van der Waals surface area contributed by atoms with Crippen molar-refractivity contribution in [3.8, 4) is 6.07 Å². The van der Waals surface area contributed by atoms with Gasteiger partial charge in [-0.05, 0) is 53.6 Å². The Morgan fingerprint density at radius 3 is 2.21 bits per heavy atom. The van der Waals surface area contributed by atoms with Gasteiger partial charge in [0, 0.05) is 93.4 Å². The van der Waals surface area contributed by atoms with E-state index in [1.165, 1.54) is 0 Å². The number of nitrogens with zero attached hydrogens (tertiary/aromatic N) is 4. The van der Waals surface area contributed by atoms with Crippen molar-refractivity contribution in [1.82, 2.24) is 14.7 Å². The lowest BCUT2D eigenvalue weighted by molar-refractivity contribution is -0.135. The molecule has 0 radical (unpaired) electrons. The molecule has 2 aliphatic heterocycles. The quantitative estimate of drug-likeness (QED) is 0.324. The van der Waals surface area contributed by atoms with E-state index in [2.05, 4.69) is 15.9 Å². The summed E-state index contributed by atoms with van der Waals surface area (Å²) in [5, 5.41) is 27.1. The van der Waals surface area contributed by atoms with Crippen molar-refractivity contribution in [2.24, 2.45) is 0 Å². The summed E-state index contributed by atoms with van der Waals surface area (Å²) in [7, 11) is 1.16. The Morgan fingerprint density at radius 1 is 1.00 bits per heavy atom. The molecule has 1 amide bonds. The highest BCUT2D eigenvalue weighted by Gasteiger charge is 2.33. The van der Waals surface area contributed by atoms with Crippen LogP contribution in [0.25, 0.3) is 10.8 Å². The van der Waals surface area contributed by atoms with Gasteiger partial charge in [0.2, 0.25) is 0 Å². The molecule has 0 aromatic heterocycles. The number of carbonyl (C=O) groups excluding carboxylic acids is 1. The summed E-state index contributed by atoms with van der Waals surface area (Å²) in [6.45, 7) is 7.47. The van der Waals surface area contributed by atoms with E-state index in [0.29, 0.717) is 33.8 Å². The molecule has 0 aliphatic carbocycles. The molecule has 0 bridgehead atoms. The van der Waals surface area contributed by atoms with E-state index in [1.807, 2.05) is 55.6 Å².